The topological polar surface area (TPSA) is 78.9 Å². The molecule has 3 N–H and O–H groups in total. The van der Waals surface area contributed by atoms with Gasteiger partial charge < -0.3 is 10.6 Å². The Bertz CT molecular complexity index is 974. The summed E-state index contributed by atoms with van der Waals surface area (Å²) in [5, 5.41) is 7.17. The number of carbonyl (C=O) groups is 1. The second kappa shape index (κ2) is 7.95. The molecule has 0 unspecified atom stereocenters. The highest BCUT2D eigenvalue weighted by Gasteiger charge is 2.26. The zero-order valence-corrected chi connectivity index (χ0v) is 14.7. The highest BCUT2D eigenvalue weighted by Crippen LogP contribution is 2.25. The van der Waals surface area contributed by atoms with E-state index >= 15 is 0 Å². The van der Waals surface area contributed by atoms with Gasteiger partial charge in [-0.05, 0) is 36.4 Å². The fourth-order valence-electron chi connectivity index (χ4n) is 2.49. The van der Waals surface area contributed by atoms with Crippen molar-refractivity contribution in [3.63, 3.8) is 0 Å². The molecule has 0 bridgehead atoms. The molecule has 3 aromatic rings. The van der Waals surface area contributed by atoms with Crippen molar-refractivity contribution < 1.29 is 18.0 Å². The van der Waals surface area contributed by atoms with Gasteiger partial charge in [-0.2, -0.15) is 13.2 Å². The number of halogens is 3. The molecule has 0 aliphatic carbocycles. The third-order valence-electron chi connectivity index (χ3n) is 3.59. The fraction of sp³-hybridized carbons (Fsp3) is 0.105. The molecule has 6 nitrogen and oxygen atoms in total. The molecule has 0 aliphatic heterocycles. The molecule has 144 valence electrons. The third-order valence-corrected chi connectivity index (χ3v) is 3.59. The summed E-state index contributed by atoms with van der Waals surface area (Å²) in [6.07, 6.45) is -3.11. The van der Waals surface area contributed by atoms with E-state index in [1.807, 2.05) is 6.07 Å². The molecule has 2 aromatic carbocycles. The second-order valence-electron chi connectivity index (χ2n) is 5.88. The van der Waals surface area contributed by atoms with Gasteiger partial charge in [-0.3, -0.25) is 10.1 Å². The van der Waals surface area contributed by atoms with Crippen LogP contribution in [-0.4, -0.2) is 22.2 Å². The number of nitrogens with zero attached hydrogens (tertiary/aromatic N) is 2. The van der Waals surface area contributed by atoms with E-state index in [1.54, 1.807) is 24.3 Å². The molecule has 1 heterocycles. The molecule has 0 fully saturated rings. The molecule has 0 atom stereocenters. The van der Waals surface area contributed by atoms with Crippen LogP contribution in [0, 0.1) is 0 Å². The summed E-state index contributed by atoms with van der Waals surface area (Å²) in [5.41, 5.74) is 2.56. The van der Waals surface area contributed by atoms with Crippen LogP contribution >= 0.6 is 0 Å². The van der Waals surface area contributed by atoms with Crippen LogP contribution in [0.2, 0.25) is 0 Å². The minimum atomic E-state index is -4.48. The molecule has 9 heteroatoms. The molecular formula is C19H16F3N5O. The highest BCUT2D eigenvalue weighted by molar-refractivity contribution is 5.89. The average Bonchev–Trinajstić information content (AvgIpc) is 2.62. The normalized spacial score (nSPS) is 11.0. The summed E-state index contributed by atoms with van der Waals surface area (Å²) < 4.78 is 37.0. The summed E-state index contributed by atoms with van der Waals surface area (Å²) in [6.45, 7) is 1.43. The van der Waals surface area contributed by atoms with Gasteiger partial charge in [0.2, 0.25) is 5.91 Å². The monoisotopic (exact) mass is 387 g/mol. The van der Waals surface area contributed by atoms with Crippen molar-refractivity contribution in [3.8, 4) is 11.3 Å². The Morgan fingerprint density at radius 1 is 0.929 bits per heavy atom. The Labute approximate surface area is 158 Å². The fourth-order valence-corrected chi connectivity index (χ4v) is 2.49. The minimum absolute atomic E-state index is 0.0591. The van der Waals surface area contributed by atoms with Crippen LogP contribution in [-0.2, 0) is 4.79 Å². The van der Waals surface area contributed by atoms with Crippen LogP contribution in [0.5, 0.6) is 0 Å². The van der Waals surface area contributed by atoms with Gasteiger partial charge in [-0.25, -0.2) is 9.97 Å². The zero-order valence-electron chi connectivity index (χ0n) is 14.7. The Morgan fingerprint density at radius 3 is 2.32 bits per heavy atom. The summed E-state index contributed by atoms with van der Waals surface area (Å²) in [5.74, 6) is 0.303. The molecule has 0 saturated heterocycles. The van der Waals surface area contributed by atoms with Gasteiger partial charge in [0, 0.05) is 35.6 Å². The van der Waals surface area contributed by atoms with Gasteiger partial charge in [-0.15, -0.1) is 0 Å². The van der Waals surface area contributed by atoms with Crippen molar-refractivity contribution in [1.82, 2.24) is 9.97 Å². The van der Waals surface area contributed by atoms with Gasteiger partial charge in [0.25, 0.3) is 0 Å². The second-order valence-corrected chi connectivity index (χ2v) is 5.88. The number of carbonyl (C=O) groups excluding carboxylic acids is 1. The number of alkyl halides is 3. The highest BCUT2D eigenvalue weighted by atomic mass is 19.4. The standard InChI is InChI=1S/C19H16F3N5O/c1-12(28)25-16-4-2-3-13(9-16)17-10-18(24-11-23-17)26-14-5-7-15(8-6-14)27-19(20,21)22/h2-11,27H,1H3,(H,25,28)(H,23,24,26). The lowest BCUT2D eigenvalue weighted by atomic mass is 10.1. The average molecular weight is 387 g/mol. The van der Waals surface area contributed by atoms with Crippen LogP contribution in [0.3, 0.4) is 0 Å². The molecule has 0 saturated carbocycles. The number of rotatable bonds is 5. The SMILES string of the molecule is CC(=O)Nc1cccc(-c2cc(Nc3ccc(NC(F)(F)F)cc3)ncn2)c1. The number of anilines is 4. The minimum Gasteiger partial charge on any atom is -0.340 e. The van der Waals surface area contributed by atoms with Crippen molar-refractivity contribution in [3.05, 3.63) is 60.9 Å². The zero-order chi connectivity index (χ0) is 20.1. The lowest BCUT2D eigenvalue weighted by Gasteiger charge is -2.11. The van der Waals surface area contributed by atoms with Crippen LogP contribution < -0.4 is 16.0 Å². The summed E-state index contributed by atoms with van der Waals surface area (Å²) in [7, 11) is 0. The van der Waals surface area contributed by atoms with Gasteiger partial charge in [0.05, 0.1) is 5.69 Å². The van der Waals surface area contributed by atoms with Gasteiger partial charge >= 0.3 is 6.30 Å². The Balaban J connectivity index is 1.76. The van der Waals surface area contributed by atoms with E-state index in [2.05, 4.69) is 20.6 Å². The maximum absolute atomic E-state index is 12.3. The predicted octanol–water partition coefficient (Wildman–Crippen LogP) is 4.78. The van der Waals surface area contributed by atoms with Crippen molar-refractivity contribution in [2.45, 2.75) is 13.2 Å². The maximum atomic E-state index is 12.3. The van der Waals surface area contributed by atoms with E-state index in [1.165, 1.54) is 42.8 Å². The predicted molar refractivity (Wildman–Crippen MR) is 101 cm³/mol. The van der Waals surface area contributed by atoms with Gasteiger partial charge in [0.15, 0.2) is 0 Å². The summed E-state index contributed by atoms with van der Waals surface area (Å²) >= 11 is 0. The number of amides is 1. The largest absolute Gasteiger partial charge is 0.482 e. The molecule has 0 radical (unpaired) electrons. The molecule has 28 heavy (non-hydrogen) atoms. The Kier molecular flexibility index (Phi) is 5.44. The van der Waals surface area contributed by atoms with E-state index in [9.17, 15) is 18.0 Å². The van der Waals surface area contributed by atoms with Gasteiger partial charge in [0.1, 0.15) is 12.1 Å². The number of hydrogen-bond acceptors (Lipinski definition) is 5. The first-order valence-corrected chi connectivity index (χ1v) is 8.20. The van der Waals surface area contributed by atoms with Crippen molar-refractivity contribution in [1.29, 1.82) is 0 Å². The molecule has 1 aromatic heterocycles. The third kappa shape index (κ3) is 5.44. The molecule has 0 spiro atoms. The van der Waals surface area contributed by atoms with Crippen molar-refractivity contribution in [2.24, 2.45) is 0 Å². The molecule has 3 rings (SSSR count). The smallest absolute Gasteiger partial charge is 0.340 e. The first kappa shape index (κ1) is 19.2. The lowest BCUT2D eigenvalue weighted by molar-refractivity contribution is -0.114. The summed E-state index contributed by atoms with van der Waals surface area (Å²) in [4.78, 5) is 19.6. The van der Waals surface area contributed by atoms with E-state index < -0.39 is 6.30 Å². The van der Waals surface area contributed by atoms with Gasteiger partial charge in [-0.1, -0.05) is 12.1 Å². The number of nitrogens with one attached hydrogen (secondary N) is 3. The van der Waals surface area contributed by atoms with E-state index in [0.29, 0.717) is 22.9 Å². The van der Waals surface area contributed by atoms with Crippen LogP contribution in [0.1, 0.15) is 6.92 Å². The Morgan fingerprint density at radius 2 is 1.64 bits per heavy atom. The lowest BCUT2D eigenvalue weighted by Crippen LogP contribution is -2.20. The first-order valence-electron chi connectivity index (χ1n) is 8.20. The molecule has 1 amide bonds. The maximum Gasteiger partial charge on any atom is 0.482 e. The van der Waals surface area contributed by atoms with Crippen LogP contribution in [0.4, 0.5) is 36.1 Å². The number of hydrogen-bond donors (Lipinski definition) is 3. The van der Waals surface area contributed by atoms with Crippen LogP contribution in [0.15, 0.2) is 60.9 Å². The van der Waals surface area contributed by atoms with Crippen molar-refractivity contribution >= 4 is 28.8 Å². The number of aromatic nitrogens is 2. The van der Waals surface area contributed by atoms with E-state index in [0.717, 1.165) is 5.56 Å². The molecular weight excluding hydrogens is 371 g/mol. The number of benzene rings is 2. The van der Waals surface area contributed by atoms with Crippen LogP contribution in [0.25, 0.3) is 11.3 Å². The van der Waals surface area contributed by atoms with Crippen molar-refractivity contribution in [2.75, 3.05) is 16.0 Å². The Hall–Kier alpha value is -3.62. The first-order chi connectivity index (χ1) is 13.3. The van der Waals surface area contributed by atoms with E-state index in [-0.39, 0.29) is 11.6 Å². The summed E-state index contributed by atoms with van der Waals surface area (Å²) in [6, 6.07) is 14.5. The quantitative estimate of drug-likeness (QED) is 0.549. The van der Waals surface area contributed by atoms with E-state index in [4.69, 9.17) is 0 Å². The molecule has 0 aliphatic rings.